The molecular formula is C16H24ClN3O2S. The summed E-state index contributed by atoms with van der Waals surface area (Å²) >= 11 is 1.88. The first-order valence-electron chi connectivity index (χ1n) is 7.60. The van der Waals surface area contributed by atoms with Crippen LogP contribution in [-0.4, -0.2) is 35.9 Å². The van der Waals surface area contributed by atoms with Crippen LogP contribution in [-0.2, 0) is 9.59 Å². The summed E-state index contributed by atoms with van der Waals surface area (Å²) < 4.78 is 0. The molecule has 2 amide bonds. The summed E-state index contributed by atoms with van der Waals surface area (Å²) in [7, 11) is 0. The largest absolute Gasteiger partial charge is 0.326 e. The molecule has 1 aromatic carbocycles. The Morgan fingerprint density at radius 2 is 2.09 bits per heavy atom. The molecule has 3 N–H and O–H groups in total. The number of amides is 2. The number of halogens is 1. The predicted molar refractivity (Wildman–Crippen MR) is 99.7 cm³/mol. The SMILES string of the molecule is CCC(=O)Nc1ccc(C)c(NC(=O)CC2CSCCN2)c1.Cl. The molecule has 0 spiro atoms. The molecule has 1 fully saturated rings. The zero-order chi connectivity index (χ0) is 15.9. The van der Waals surface area contributed by atoms with Crippen molar-refractivity contribution in [1.82, 2.24) is 5.32 Å². The van der Waals surface area contributed by atoms with Crippen molar-refractivity contribution in [1.29, 1.82) is 0 Å². The van der Waals surface area contributed by atoms with E-state index in [9.17, 15) is 9.59 Å². The van der Waals surface area contributed by atoms with Gasteiger partial charge in [-0.2, -0.15) is 11.8 Å². The summed E-state index contributed by atoms with van der Waals surface area (Å²) in [5, 5.41) is 9.11. The van der Waals surface area contributed by atoms with E-state index < -0.39 is 0 Å². The van der Waals surface area contributed by atoms with Crippen LogP contribution in [0.3, 0.4) is 0 Å². The lowest BCUT2D eigenvalue weighted by Crippen LogP contribution is -2.39. The quantitative estimate of drug-likeness (QED) is 0.757. The molecule has 23 heavy (non-hydrogen) atoms. The first-order chi connectivity index (χ1) is 10.6. The van der Waals surface area contributed by atoms with E-state index in [2.05, 4.69) is 16.0 Å². The lowest BCUT2D eigenvalue weighted by molar-refractivity contribution is -0.117. The zero-order valence-electron chi connectivity index (χ0n) is 13.5. The molecule has 0 aliphatic carbocycles. The second kappa shape index (κ2) is 9.80. The van der Waals surface area contributed by atoms with Crippen LogP contribution in [0.15, 0.2) is 18.2 Å². The first-order valence-corrected chi connectivity index (χ1v) is 8.75. The van der Waals surface area contributed by atoms with Crippen molar-refractivity contribution >= 4 is 47.4 Å². The van der Waals surface area contributed by atoms with Gasteiger partial charge in [-0.05, 0) is 24.6 Å². The van der Waals surface area contributed by atoms with Crippen molar-refractivity contribution in [2.45, 2.75) is 32.7 Å². The van der Waals surface area contributed by atoms with Crippen LogP contribution in [0.2, 0.25) is 0 Å². The standard InChI is InChI=1S/C16H23N3O2S.ClH/c1-3-15(20)18-12-5-4-11(2)14(8-12)19-16(21)9-13-10-22-7-6-17-13;/h4-5,8,13,17H,3,6-7,9-10H2,1-2H3,(H,18,20)(H,19,21);1H. The number of carbonyl (C=O) groups is 2. The lowest BCUT2D eigenvalue weighted by atomic mass is 10.1. The second-order valence-electron chi connectivity index (χ2n) is 5.41. The average Bonchev–Trinajstić information content (AvgIpc) is 2.51. The van der Waals surface area contributed by atoms with Gasteiger partial charge in [-0.15, -0.1) is 12.4 Å². The van der Waals surface area contributed by atoms with Crippen molar-refractivity contribution in [3.05, 3.63) is 23.8 Å². The summed E-state index contributed by atoms with van der Waals surface area (Å²) in [4.78, 5) is 23.6. The van der Waals surface area contributed by atoms with Gasteiger partial charge in [0.05, 0.1) is 0 Å². The Kier molecular flexibility index (Phi) is 8.44. The molecule has 5 nitrogen and oxygen atoms in total. The number of carbonyl (C=O) groups excluding carboxylic acids is 2. The molecule has 1 saturated heterocycles. The number of aryl methyl sites for hydroxylation is 1. The van der Waals surface area contributed by atoms with Crippen molar-refractivity contribution in [3.8, 4) is 0 Å². The molecule has 1 atom stereocenters. The van der Waals surface area contributed by atoms with Crippen molar-refractivity contribution in [2.24, 2.45) is 0 Å². The summed E-state index contributed by atoms with van der Waals surface area (Å²) in [5.74, 6) is 2.04. The summed E-state index contributed by atoms with van der Waals surface area (Å²) in [6.45, 7) is 4.71. The van der Waals surface area contributed by atoms with Crippen LogP contribution in [0.1, 0.15) is 25.3 Å². The van der Waals surface area contributed by atoms with Crippen molar-refractivity contribution < 1.29 is 9.59 Å². The second-order valence-corrected chi connectivity index (χ2v) is 6.56. The Morgan fingerprint density at radius 3 is 2.74 bits per heavy atom. The van der Waals surface area contributed by atoms with Gasteiger partial charge in [-0.25, -0.2) is 0 Å². The third-order valence-electron chi connectivity index (χ3n) is 3.55. The van der Waals surface area contributed by atoms with E-state index in [0.717, 1.165) is 29.3 Å². The highest BCUT2D eigenvalue weighted by atomic mass is 35.5. The van der Waals surface area contributed by atoms with Gasteiger partial charge in [0.25, 0.3) is 0 Å². The lowest BCUT2D eigenvalue weighted by Gasteiger charge is -2.22. The van der Waals surface area contributed by atoms with Gasteiger partial charge in [0.2, 0.25) is 11.8 Å². The molecule has 1 aliphatic heterocycles. The van der Waals surface area contributed by atoms with Crippen LogP contribution in [0.25, 0.3) is 0 Å². The molecule has 0 aromatic heterocycles. The van der Waals surface area contributed by atoms with Crippen LogP contribution in [0.4, 0.5) is 11.4 Å². The number of hydrogen-bond acceptors (Lipinski definition) is 4. The molecule has 7 heteroatoms. The van der Waals surface area contributed by atoms with E-state index >= 15 is 0 Å². The maximum atomic E-state index is 12.2. The van der Waals surface area contributed by atoms with Crippen LogP contribution < -0.4 is 16.0 Å². The highest BCUT2D eigenvalue weighted by molar-refractivity contribution is 7.99. The first kappa shape index (κ1) is 19.8. The van der Waals surface area contributed by atoms with Gasteiger partial charge in [0.15, 0.2) is 0 Å². The number of hydrogen-bond donors (Lipinski definition) is 3. The maximum Gasteiger partial charge on any atom is 0.225 e. The maximum absolute atomic E-state index is 12.2. The Hall–Kier alpha value is -1.24. The fourth-order valence-electron chi connectivity index (χ4n) is 2.26. The number of anilines is 2. The molecule has 1 aliphatic rings. The van der Waals surface area contributed by atoms with Crippen LogP contribution in [0.5, 0.6) is 0 Å². The van der Waals surface area contributed by atoms with Gasteiger partial charge >= 0.3 is 0 Å². The Labute approximate surface area is 147 Å². The van der Waals surface area contributed by atoms with E-state index in [1.54, 1.807) is 6.92 Å². The number of thioether (sulfide) groups is 1. The Balaban J connectivity index is 0.00000264. The molecule has 0 saturated carbocycles. The number of benzene rings is 1. The average molecular weight is 358 g/mol. The fraction of sp³-hybridized carbons (Fsp3) is 0.500. The Morgan fingerprint density at radius 1 is 1.30 bits per heavy atom. The minimum Gasteiger partial charge on any atom is -0.326 e. The normalized spacial score (nSPS) is 17.0. The highest BCUT2D eigenvalue weighted by Gasteiger charge is 2.17. The summed E-state index contributed by atoms with van der Waals surface area (Å²) in [5.41, 5.74) is 2.44. The minimum absolute atomic E-state index is 0. The molecule has 128 valence electrons. The van der Waals surface area contributed by atoms with Gasteiger partial charge in [0.1, 0.15) is 0 Å². The number of nitrogens with one attached hydrogen (secondary N) is 3. The third kappa shape index (κ3) is 6.41. The predicted octanol–water partition coefficient (Wildman–Crippen LogP) is 2.80. The summed E-state index contributed by atoms with van der Waals surface area (Å²) in [6.07, 6.45) is 0.901. The molecule has 1 unspecified atom stereocenters. The van der Waals surface area contributed by atoms with E-state index in [1.807, 2.05) is 36.9 Å². The minimum atomic E-state index is -0.0374. The van der Waals surface area contributed by atoms with Gasteiger partial charge in [0, 0.05) is 48.3 Å². The Bertz CT molecular complexity index is 548. The molecule has 0 bridgehead atoms. The van der Waals surface area contributed by atoms with E-state index in [-0.39, 0.29) is 30.3 Å². The molecule has 1 aromatic rings. The zero-order valence-corrected chi connectivity index (χ0v) is 15.1. The molecule has 0 radical (unpaired) electrons. The van der Waals surface area contributed by atoms with Crippen LogP contribution in [0, 0.1) is 6.92 Å². The molecule has 1 heterocycles. The van der Waals surface area contributed by atoms with Crippen molar-refractivity contribution in [2.75, 3.05) is 28.7 Å². The molecular weight excluding hydrogens is 334 g/mol. The monoisotopic (exact) mass is 357 g/mol. The topological polar surface area (TPSA) is 70.2 Å². The van der Waals surface area contributed by atoms with Crippen LogP contribution >= 0.6 is 24.2 Å². The fourth-order valence-corrected chi connectivity index (χ4v) is 3.21. The van der Waals surface area contributed by atoms with E-state index in [1.165, 1.54) is 0 Å². The third-order valence-corrected chi connectivity index (χ3v) is 4.68. The van der Waals surface area contributed by atoms with Gasteiger partial charge in [-0.1, -0.05) is 13.0 Å². The van der Waals surface area contributed by atoms with Gasteiger partial charge in [-0.3, -0.25) is 9.59 Å². The summed E-state index contributed by atoms with van der Waals surface area (Å²) in [6, 6.07) is 5.79. The van der Waals surface area contributed by atoms with E-state index in [4.69, 9.17) is 0 Å². The van der Waals surface area contributed by atoms with Crippen molar-refractivity contribution in [3.63, 3.8) is 0 Å². The highest BCUT2D eigenvalue weighted by Crippen LogP contribution is 2.21. The van der Waals surface area contributed by atoms with E-state index in [0.29, 0.717) is 18.5 Å². The number of rotatable bonds is 5. The van der Waals surface area contributed by atoms with Gasteiger partial charge < -0.3 is 16.0 Å². The smallest absolute Gasteiger partial charge is 0.225 e. The molecule has 2 rings (SSSR count).